The average Bonchev–Trinajstić information content (AvgIpc) is 3.43. The largest absolute Gasteiger partial charge is 0.330 e. The topological polar surface area (TPSA) is 70.5 Å². The summed E-state index contributed by atoms with van der Waals surface area (Å²) in [6, 6.07) is 18.1. The molecule has 0 radical (unpaired) electrons. The van der Waals surface area contributed by atoms with Gasteiger partial charge in [-0.05, 0) is 35.2 Å². The number of rotatable bonds is 5. The molecule has 0 N–H and O–H groups in total. The molecule has 160 valence electrons. The molecule has 0 saturated carbocycles. The predicted octanol–water partition coefficient (Wildman–Crippen LogP) is 4.15. The van der Waals surface area contributed by atoms with Gasteiger partial charge in [0, 0.05) is 25.0 Å². The van der Waals surface area contributed by atoms with Gasteiger partial charge in [-0.25, -0.2) is 19.4 Å². The van der Waals surface area contributed by atoms with Crippen LogP contribution in [0.5, 0.6) is 0 Å². The lowest BCUT2D eigenvalue weighted by Crippen LogP contribution is -2.22. The van der Waals surface area contributed by atoms with Gasteiger partial charge in [-0.2, -0.15) is 5.10 Å². The maximum Gasteiger partial charge on any atom is 0.330 e. The molecule has 5 rings (SSSR count). The van der Waals surface area contributed by atoms with Gasteiger partial charge in [-0.1, -0.05) is 50.2 Å². The van der Waals surface area contributed by atoms with Gasteiger partial charge in [0.25, 0.3) is 0 Å². The summed E-state index contributed by atoms with van der Waals surface area (Å²) in [4.78, 5) is 22.4. The Balaban J connectivity index is 1.57. The minimum Gasteiger partial charge on any atom is -0.292 e. The highest BCUT2D eigenvalue weighted by Gasteiger charge is 2.17. The Morgan fingerprint density at radius 2 is 1.78 bits per heavy atom. The van der Waals surface area contributed by atoms with Crippen molar-refractivity contribution in [3.63, 3.8) is 0 Å². The van der Waals surface area contributed by atoms with Crippen LogP contribution >= 0.6 is 0 Å². The van der Waals surface area contributed by atoms with Gasteiger partial charge in [0.15, 0.2) is 11.5 Å². The number of fused-ring (bicyclic) bond motifs is 1. The van der Waals surface area contributed by atoms with E-state index in [-0.39, 0.29) is 5.69 Å². The van der Waals surface area contributed by atoms with Crippen LogP contribution in [-0.4, -0.2) is 28.9 Å². The third-order valence-corrected chi connectivity index (χ3v) is 5.75. The van der Waals surface area contributed by atoms with Crippen molar-refractivity contribution in [1.29, 1.82) is 0 Å². The van der Waals surface area contributed by atoms with E-state index < -0.39 is 0 Å². The Kier molecular flexibility index (Phi) is 4.93. The van der Waals surface area contributed by atoms with Crippen molar-refractivity contribution in [3.05, 3.63) is 94.8 Å². The number of aryl methyl sites for hydroxylation is 1. The standard InChI is InChI=1S/C25H24N6O/c1-17(2)20-7-4-5-8-21(20)23-26-15-22-24(28-23)30(25(32)29(22)3)16-18-9-11-19(12-10-18)31-14-6-13-27-31/h4-15,17H,16H2,1-3H3. The maximum atomic E-state index is 13.0. The van der Waals surface area contributed by atoms with E-state index in [9.17, 15) is 4.79 Å². The van der Waals surface area contributed by atoms with Crippen molar-refractivity contribution < 1.29 is 0 Å². The monoisotopic (exact) mass is 424 g/mol. The molecule has 0 aliphatic heterocycles. The van der Waals surface area contributed by atoms with Crippen molar-refractivity contribution in [3.8, 4) is 17.1 Å². The summed E-state index contributed by atoms with van der Waals surface area (Å²) in [6.45, 7) is 4.74. The van der Waals surface area contributed by atoms with E-state index in [1.54, 1.807) is 33.3 Å². The SMILES string of the molecule is CC(C)c1ccccc1-c1ncc2c(n1)n(Cc1ccc(-n3cccn3)cc1)c(=O)n2C. The van der Waals surface area contributed by atoms with Crippen molar-refractivity contribution in [2.75, 3.05) is 0 Å². The normalized spacial score (nSPS) is 11.5. The Hall–Kier alpha value is -4.00. The fraction of sp³-hybridized carbons (Fsp3) is 0.200. The number of aromatic nitrogens is 6. The number of benzene rings is 2. The second kappa shape index (κ2) is 7.92. The molecule has 7 heteroatoms. The molecule has 0 unspecified atom stereocenters. The zero-order chi connectivity index (χ0) is 22.2. The van der Waals surface area contributed by atoms with Crippen LogP contribution in [0.1, 0.15) is 30.9 Å². The molecular weight excluding hydrogens is 400 g/mol. The Bertz CT molecular complexity index is 1440. The fourth-order valence-electron chi connectivity index (χ4n) is 4.01. The molecule has 0 fully saturated rings. The van der Waals surface area contributed by atoms with Crippen LogP contribution in [-0.2, 0) is 13.6 Å². The van der Waals surface area contributed by atoms with Crippen LogP contribution in [0.25, 0.3) is 28.2 Å². The van der Waals surface area contributed by atoms with Gasteiger partial charge in [-0.15, -0.1) is 0 Å². The summed E-state index contributed by atoms with van der Waals surface area (Å²) >= 11 is 0. The lowest BCUT2D eigenvalue weighted by Gasteiger charge is -2.11. The summed E-state index contributed by atoms with van der Waals surface area (Å²) in [5.74, 6) is 0.979. The smallest absolute Gasteiger partial charge is 0.292 e. The number of hydrogen-bond acceptors (Lipinski definition) is 4. The molecule has 7 nitrogen and oxygen atoms in total. The van der Waals surface area contributed by atoms with Crippen LogP contribution in [0.2, 0.25) is 0 Å². The first-order valence-corrected chi connectivity index (χ1v) is 10.6. The lowest BCUT2D eigenvalue weighted by molar-refractivity contribution is 0.731. The van der Waals surface area contributed by atoms with Gasteiger partial charge in [-0.3, -0.25) is 9.13 Å². The number of imidazole rings is 1. The molecule has 0 bridgehead atoms. The summed E-state index contributed by atoms with van der Waals surface area (Å²) in [7, 11) is 1.76. The second-order valence-corrected chi connectivity index (χ2v) is 8.19. The van der Waals surface area contributed by atoms with E-state index in [1.807, 2.05) is 54.7 Å². The van der Waals surface area contributed by atoms with Gasteiger partial charge in [0.1, 0.15) is 5.52 Å². The van der Waals surface area contributed by atoms with Crippen LogP contribution in [0.4, 0.5) is 0 Å². The highest BCUT2D eigenvalue weighted by atomic mass is 16.1. The zero-order valence-electron chi connectivity index (χ0n) is 18.3. The molecule has 0 atom stereocenters. The summed E-state index contributed by atoms with van der Waals surface area (Å²) in [6.07, 6.45) is 5.39. The summed E-state index contributed by atoms with van der Waals surface area (Å²) in [5.41, 5.74) is 5.41. The van der Waals surface area contributed by atoms with E-state index in [4.69, 9.17) is 4.98 Å². The summed E-state index contributed by atoms with van der Waals surface area (Å²) in [5, 5.41) is 4.26. The van der Waals surface area contributed by atoms with Gasteiger partial charge >= 0.3 is 5.69 Å². The highest BCUT2D eigenvalue weighted by Crippen LogP contribution is 2.27. The first kappa shape index (κ1) is 19.9. The lowest BCUT2D eigenvalue weighted by atomic mass is 9.97. The van der Waals surface area contributed by atoms with Crippen LogP contribution < -0.4 is 5.69 Å². The highest BCUT2D eigenvalue weighted by molar-refractivity contribution is 5.74. The molecule has 0 spiro atoms. The molecule has 0 aliphatic rings. The van der Waals surface area contributed by atoms with E-state index in [2.05, 4.69) is 30.0 Å². The predicted molar refractivity (Wildman–Crippen MR) is 125 cm³/mol. The van der Waals surface area contributed by atoms with Gasteiger partial charge in [0.2, 0.25) is 0 Å². The average molecular weight is 425 g/mol. The minimum atomic E-state index is -0.111. The number of hydrogen-bond donors (Lipinski definition) is 0. The second-order valence-electron chi connectivity index (χ2n) is 8.19. The molecule has 0 aliphatic carbocycles. The van der Waals surface area contributed by atoms with E-state index in [0.717, 1.165) is 16.8 Å². The number of nitrogens with zero attached hydrogens (tertiary/aromatic N) is 6. The minimum absolute atomic E-state index is 0.111. The molecule has 2 aromatic carbocycles. The van der Waals surface area contributed by atoms with Gasteiger partial charge < -0.3 is 0 Å². The first-order chi connectivity index (χ1) is 15.5. The van der Waals surface area contributed by atoms with E-state index >= 15 is 0 Å². The van der Waals surface area contributed by atoms with E-state index in [1.165, 1.54) is 5.56 Å². The van der Waals surface area contributed by atoms with E-state index in [0.29, 0.717) is 29.5 Å². The molecule has 0 amide bonds. The molecular formula is C25H24N6O. The Morgan fingerprint density at radius 1 is 1.00 bits per heavy atom. The Morgan fingerprint density at radius 3 is 2.50 bits per heavy atom. The third kappa shape index (κ3) is 3.41. The molecule has 32 heavy (non-hydrogen) atoms. The van der Waals surface area contributed by atoms with Crippen molar-refractivity contribution >= 4 is 11.2 Å². The van der Waals surface area contributed by atoms with Crippen molar-refractivity contribution in [2.24, 2.45) is 7.05 Å². The molecule has 5 aromatic rings. The quantitative estimate of drug-likeness (QED) is 0.425. The molecule has 3 heterocycles. The maximum absolute atomic E-state index is 13.0. The van der Waals surface area contributed by atoms with Gasteiger partial charge in [0.05, 0.1) is 18.4 Å². The summed E-state index contributed by atoms with van der Waals surface area (Å²) < 4.78 is 5.12. The van der Waals surface area contributed by atoms with Crippen LogP contribution in [0.3, 0.4) is 0 Å². The molecule has 0 saturated heterocycles. The van der Waals surface area contributed by atoms with Crippen LogP contribution in [0, 0.1) is 0 Å². The fourth-order valence-corrected chi connectivity index (χ4v) is 4.01. The third-order valence-electron chi connectivity index (χ3n) is 5.75. The zero-order valence-corrected chi connectivity index (χ0v) is 18.3. The first-order valence-electron chi connectivity index (χ1n) is 10.6. The van der Waals surface area contributed by atoms with Crippen LogP contribution in [0.15, 0.2) is 78.0 Å². The van der Waals surface area contributed by atoms with Crippen molar-refractivity contribution in [2.45, 2.75) is 26.3 Å². The van der Waals surface area contributed by atoms with Crippen molar-refractivity contribution in [1.82, 2.24) is 28.9 Å². The molecule has 3 aromatic heterocycles. The Labute approximate surface area is 185 Å².